The highest BCUT2D eigenvalue weighted by Crippen LogP contribution is 2.14. The highest BCUT2D eigenvalue weighted by Gasteiger charge is 2.05. The molecule has 100 valence electrons. The molecule has 0 bridgehead atoms. The van der Waals surface area contributed by atoms with Gasteiger partial charge in [0, 0.05) is 37.8 Å². The first kappa shape index (κ1) is 12.4. The van der Waals surface area contributed by atoms with Crippen molar-refractivity contribution in [3.05, 3.63) is 78.1 Å². The molecule has 0 spiro atoms. The molecule has 20 heavy (non-hydrogen) atoms. The van der Waals surface area contributed by atoms with Crippen LogP contribution in [0.2, 0.25) is 0 Å². The van der Waals surface area contributed by atoms with Crippen molar-refractivity contribution in [1.29, 1.82) is 0 Å². The van der Waals surface area contributed by atoms with Gasteiger partial charge in [-0.3, -0.25) is 4.98 Å². The highest BCUT2D eigenvalue weighted by atomic mass is 16.3. The van der Waals surface area contributed by atoms with Crippen LogP contribution in [0.5, 0.6) is 5.75 Å². The van der Waals surface area contributed by atoms with Crippen LogP contribution in [0.3, 0.4) is 0 Å². The number of hydrogen-bond donors (Lipinski definition) is 1. The number of imidazole rings is 1. The first-order valence-corrected chi connectivity index (χ1v) is 6.48. The molecule has 3 aromatic rings. The fraction of sp³-hybridized carbons (Fsp3) is 0.125. The van der Waals surface area contributed by atoms with Crippen LogP contribution in [0, 0.1) is 0 Å². The lowest BCUT2D eigenvalue weighted by Gasteiger charge is -2.08. The van der Waals surface area contributed by atoms with Crippen molar-refractivity contribution in [2.45, 2.75) is 13.0 Å². The van der Waals surface area contributed by atoms with Crippen LogP contribution in [0.15, 0.2) is 61.2 Å². The average molecular weight is 265 g/mol. The van der Waals surface area contributed by atoms with E-state index in [1.165, 1.54) is 0 Å². The molecule has 1 aromatic carbocycles. The number of phenolic OH excluding ortho intramolecular Hbond substituents is 1. The van der Waals surface area contributed by atoms with Gasteiger partial charge >= 0.3 is 0 Å². The van der Waals surface area contributed by atoms with E-state index in [0.29, 0.717) is 6.54 Å². The molecule has 0 atom stereocenters. The van der Waals surface area contributed by atoms with E-state index >= 15 is 0 Å². The molecule has 0 amide bonds. The molecule has 0 saturated heterocycles. The summed E-state index contributed by atoms with van der Waals surface area (Å²) >= 11 is 0. The third-order valence-electron chi connectivity index (χ3n) is 3.15. The van der Waals surface area contributed by atoms with E-state index in [1.807, 2.05) is 36.7 Å². The second-order valence-electron chi connectivity index (χ2n) is 4.68. The van der Waals surface area contributed by atoms with Crippen molar-refractivity contribution in [1.82, 2.24) is 14.5 Å². The Balaban J connectivity index is 1.80. The number of pyridine rings is 1. The van der Waals surface area contributed by atoms with E-state index in [9.17, 15) is 5.11 Å². The van der Waals surface area contributed by atoms with Gasteiger partial charge in [-0.05, 0) is 29.3 Å². The standard InChI is InChI=1S/C16H15N3O/c20-15-5-1-3-14(9-15)12-19-8-7-18-16(19)10-13-4-2-6-17-11-13/h1-9,11,20H,10,12H2. The van der Waals surface area contributed by atoms with Crippen molar-refractivity contribution in [2.24, 2.45) is 0 Å². The van der Waals surface area contributed by atoms with Crippen LogP contribution in [-0.2, 0) is 13.0 Å². The van der Waals surface area contributed by atoms with E-state index in [2.05, 4.69) is 14.5 Å². The molecule has 0 aliphatic rings. The first-order chi connectivity index (χ1) is 9.81. The summed E-state index contributed by atoms with van der Waals surface area (Å²) in [7, 11) is 0. The molecule has 4 nitrogen and oxygen atoms in total. The Hall–Kier alpha value is -2.62. The molecule has 3 rings (SSSR count). The number of benzene rings is 1. The largest absolute Gasteiger partial charge is 0.508 e. The lowest BCUT2D eigenvalue weighted by molar-refractivity contribution is 0.474. The van der Waals surface area contributed by atoms with E-state index in [-0.39, 0.29) is 5.75 Å². The predicted octanol–water partition coefficient (Wildman–Crippen LogP) is 2.62. The van der Waals surface area contributed by atoms with Gasteiger partial charge in [-0.1, -0.05) is 18.2 Å². The third-order valence-corrected chi connectivity index (χ3v) is 3.15. The van der Waals surface area contributed by atoms with Gasteiger partial charge in [0.25, 0.3) is 0 Å². The molecular weight excluding hydrogens is 250 g/mol. The van der Waals surface area contributed by atoms with Crippen LogP contribution in [0.4, 0.5) is 0 Å². The molecule has 0 aliphatic heterocycles. The zero-order valence-electron chi connectivity index (χ0n) is 11.0. The fourth-order valence-corrected chi connectivity index (χ4v) is 2.19. The summed E-state index contributed by atoms with van der Waals surface area (Å²) in [6.45, 7) is 0.698. The van der Waals surface area contributed by atoms with Gasteiger partial charge in [0.2, 0.25) is 0 Å². The zero-order valence-corrected chi connectivity index (χ0v) is 11.0. The minimum Gasteiger partial charge on any atom is -0.508 e. The Labute approximate surface area is 117 Å². The Kier molecular flexibility index (Phi) is 3.46. The summed E-state index contributed by atoms with van der Waals surface area (Å²) in [5.41, 5.74) is 2.19. The summed E-state index contributed by atoms with van der Waals surface area (Å²) < 4.78 is 2.09. The van der Waals surface area contributed by atoms with Crippen LogP contribution < -0.4 is 0 Å². The molecule has 0 aliphatic carbocycles. The van der Waals surface area contributed by atoms with Gasteiger partial charge in [-0.15, -0.1) is 0 Å². The van der Waals surface area contributed by atoms with E-state index < -0.39 is 0 Å². The van der Waals surface area contributed by atoms with Crippen molar-refractivity contribution in [2.75, 3.05) is 0 Å². The first-order valence-electron chi connectivity index (χ1n) is 6.48. The lowest BCUT2D eigenvalue weighted by Crippen LogP contribution is -2.05. The molecule has 0 saturated carbocycles. The highest BCUT2D eigenvalue weighted by molar-refractivity contribution is 5.27. The fourth-order valence-electron chi connectivity index (χ4n) is 2.19. The SMILES string of the molecule is Oc1cccc(Cn2ccnc2Cc2cccnc2)c1. The van der Waals surface area contributed by atoms with Gasteiger partial charge in [0.15, 0.2) is 0 Å². The minimum absolute atomic E-state index is 0.288. The summed E-state index contributed by atoms with van der Waals surface area (Å²) in [6.07, 6.45) is 8.12. The van der Waals surface area contributed by atoms with E-state index in [4.69, 9.17) is 0 Å². The van der Waals surface area contributed by atoms with Gasteiger partial charge in [0.1, 0.15) is 11.6 Å². The van der Waals surface area contributed by atoms with Crippen molar-refractivity contribution in [3.8, 4) is 5.75 Å². The molecular formula is C16H15N3O. The quantitative estimate of drug-likeness (QED) is 0.789. The molecule has 0 fully saturated rings. The zero-order chi connectivity index (χ0) is 13.8. The maximum absolute atomic E-state index is 9.51. The topological polar surface area (TPSA) is 50.9 Å². The number of hydrogen-bond acceptors (Lipinski definition) is 3. The lowest BCUT2D eigenvalue weighted by atomic mass is 10.2. The van der Waals surface area contributed by atoms with Crippen LogP contribution in [0.1, 0.15) is 17.0 Å². The van der Waals surface area contributed by atoms with Gasteiger partial charge in [-0.25, -0.2) is 4.98 Å². The molecule has 0 unspecified atom stereocenters. The van der Waals surface area contributed by atoms with Crippen molar-refractivity contribution < 1.29 is 5.11 Å². The number of phenols is 1. The number of aromatic hydroxyl groups is 1. The van der Waals surface area contributed by atoms with E-state index in [0.717, 1.165) is 23.4 Å². The molecule has 4 heteroatoms. The summed E-state index contributed by atoms with van der Waals surface area (Å²) in [5.74, 6) is 1.28. The minimum atomic E-state index is 0.288. The summed E-state index contributed by atoms with van der Waals surface area (Å²) in [5, 5.41) is 9.51. The van der Waals surface area contributed by atoms with Crippen LogP contribution >= 0.6 is 0 Å². The van der Waals surface area contributed by atoms with E-state index in [1.54, 1.807) is 24.5 Å². The number of aromatic nitrogens is 3. The Morgan fingerprint density at radius 1 is 1.05 bits per heavy atom. The van der Waals surface area contributed by atoms with Gasteiger partial charge in [0.05, 0.1) is 0 Å². The molecule has 0 radical (unpaired) electrons. The average Bonchev–Trinajstić information content (AvgIpc) is 2.87. The second-order valence-corrected chi connectivity index (χ2v) is 4.68. The van der Waals surface area contributed by atoms with Gasteiger partial charge in [-0.2, -0.15) is 0 Å². The summed E-state index contributed by atoms with van der Waals surface area (Å²) in [4.78, 5) is 8.52. The smallest absolute Gasteiger partial charge is 0.115 e. The Morgan fingerprint density at radius 2 is 1.95 bits per heavy atom. The number of rotatable bonds is 4. The van der Waals surface area contributed by atoms with Crippen LogP contribution in [0.25, 0.3) is 0 Å². The molecule has 2 heterocycles. The predicted molar refractivity (Wildman–Crippen MR) is 76.5 cm³/mol. The Bertz CT molecular complexity index is 692. The van der Waals surface area contributed by atoms with Crippen molar-refractivity contribution in [3.63, 3.8) is 0 Å². The number of nitrogens with zero attached hydrogens (tertiary/aromatic N) is 3. The second kappa shape index (κ2) is 5.57. The molecule has 2 aromatic heterocycles. The normalized spacial score (nSPS) is 10.6. The molecule has 1 N–H and O–H groups in total. The van der Waals surface area contributed by atoms with Crippen molar-refractivity contribution >= 4 is 0 Å². The third kappa shape index (κ3) is 2.85. The van der Waals surface area contributed by atoms with Gasteiger partial charge < -0.3 is 9.67 Å². The summed E-state index contributed by atoms with van der Waals surface area (Å²) in [6, 6.07) is 11.3. The monoisotopic (exact) mass is 265 g/mol. The van der Waals surface area contributed by atoms with Crippen LogP contribution in [-0.4, -0.2) is 19.6 Å². The Morgan fingerprint density at radius 3 is 2.75 bits per heavy atom. The maximum Gasteiger partial charge on any atom is 0.115 e. The maximum atomic E-state index is 9.51.